The number of carboxylic acids is 1. The molecule has 0 fully saturated rings. The fraction of sp³-hybridized carbons (Fsp3) is 0.478. The van der Waals surface area contributed by atoms with Crippen LogP contribution >= 0.6 is 0 Å². The summed E-state index contributed by atoms with van der Waals surface area (Å²) in [5.74, 6) is -1.13. The molecule has 0 aromatic heterocycles. The lowest BCUT2D eigenvalue weighted by molar-refractivity contribution is -0.139. The molecule has 0 radical (unpaired) electrons. The van der Waals surface area contributed by atoms with Crippen molar-refractivity contribution in [2.45, 2.75) is 59.9 Å². The van der Waals surface area contributed by atoms with Gasteiger partial charge in [-0.3, -0.25) is 4.99 Å². The Morgan fingerprint density at radius 2 is 1.89 bits per heavy atom. The van der Waals surface area contributed by atoms with E-state index >= 15 is 0 Å². The number of hydrogen-bond donors (Lipinski definition) is 2. The van der Waals surface area contributed by atoms with Crippen LogP contribution in [-0.2, 0) is 4.79 Å². The largest absolute Gasteiger partial charge is 0.480 e. The van der Waals surface area contributed by atoms with Gasteiger partial charge in [0.05, 0.1) is 6.61 Å². The van der Waals surface area contributed by atoms with Crippen LogP contribution in [0.3, 0.4) is 0 Å². The fourth-order valence-corrected chi connectivity index (χ4v) is 3.14. The molecule has 2 N–H and O–H groups in total. The summed E-state index contributed by atoms with van der Waals surface area (Å²) in [5, 5.41) is 17.7. The van der Waals surface area contributed by atoms with E-state index in [0.29, 0.717) is 0 Å². The number of aliphatic hydroxyl groups is 1. The van der Waals surface area contributed by atoms with Gasteiger partial charge in [0.1, 0.15) is 0 Å². The van der Waals surface area contributed by atoms with Gasteiger partial charge in [-0.05, 0) is 62.7 Å². The molecule has 0 spiro atoms. The van der Waals surface area contributed by atoms with E-state index in [4.69, 9.17) is 10.2 Å². The summed E-state index contributed by atoms with van der Waals surface area (Å²) in [6.07, 6.45) is 17.2. The first-order chi connectivity index (χ1) is 12.7. The molecule has 1 unspecified atom stereocenters. The standard InChI is InChI=1S/C23H33NO3/c1-17(11-12-20-19(3)10-7-14-23(20,4)5)8-6-9-18(2)13-15-24-21(16-25)22(26)27/h6,8-9,11-13,15,21,25H,7,10,14,16H2,1-5H3,(H,26,27)/b9-6+,12-11+,17-8+,18-13+,24-15?. The van der Waals surface area contributed by atoms with E-state index in [2.05, 4.69) is 44.8 Å². The minimum absolute atomic E-state index is 0.246. The zero-order valence-corrected chi connectivity index (χ0v) is 17.2. The molecular formula is C23H33NO3. The molecule has 0 bridgehead atoms. The van der Waals surface area contributed by atoms with E-state index in [1.165, 1.54) is 42.2 Å². The zero-order valence-electron chi connectivity index (χ0n) is 17.2. The molecule has 148 valence electrons. The van der Waals surface area contributed by atoms with Crippen LogP contribution in [0.5, 0.6) is 0 Å². The SMILES string of the molecule is CC1=C(/C=C/C(C)=C/C=C/C(C)=C/C=NC(CO)C(=O)O)C(C)(C)CCC1. The number of aliphatic imine (C=N–C) groups is 1. The third kappa shape index (κ3) is 7.92. The lowest BCUT2D eigenvalue weighted by atomic mass is 9.72. The quantitative estimate of drug-likeness (QED) is 0.464. The molecule has 0 saturated heterocycles. The number of rotatable bonds is 8. The summed E-state index contributed by atoms with van der Waals surface area (Å²) in [5.41, 5.74) is 5.30. The van der Waals surface area contributed by atoms with Crippen LogP contribution in [0.25, 0.3) is 0 Å². The van der Waals surface area contributed by atoms with Crippen molar-refractivity contribution >= 4 is 12.2 Å². The number of hydrogen-bond acceptors (Lipinski definition) is 3. The van der Waals surface area contributed by atoms with Crippen LogP contribution in [0.2, 0.25) is 0 Å². The van der Waals surface area contributed by atoms with E-state index in [0.717, 1.165) is 5.57 Å². The molecule has 0 saturated carbocycles. The Bertz CT molecular complexity index is 703. The third-order valence-corrected chi connectivity index (χ3v) is 4.84. The first-order valence-electron chi connectivity index (χ1n) is 9.44. The summed E-state index contributed by atoms with van der Waals surface area (Å²) >= 11 is 0. The summed E-state index contributed by atoms with van der Waals surface area (Å²) in [6, 6.07) is -1.10. The Hall–Kier alpha value is -2.20. The summed E-state index contributed by atoms with van der Waals surface area (Å²) < 4.78 is 0. The molecule has 27 heavy (non-hydrogen) atoms. The van der Waals surface area contributed by atoms with Gasteiger partial charge < -0.3 is 10.2 Å². The van der Waals surface area contributed by atoms with Crippen LogP contribution in [0, 0.1) is 5.41 Å². The Morgan fingerprint density at radius 1 is 1.22 bits per heavy atom. The number of carbonyl (C=O) groups is 1. The van der Waals surface area contributed by atoms with Gasteiger partial charge in [-0.1, -0.05) is 55.4 Å². The van der Waals surface area contributed by atoms with E-state index in [9.17, 15) is 4.79 Å². The van der Waals surface area contributed by atoms with Crippen LogP contribution in [-0.4, -0.2) is 35.0 Å². The number of aliphatic carboxylic acids is 1. The van der Waals surface area contributed by atoms with Gasteiger partial charge >= 0.3 is 5.97 Å². The number of allylic oxidation sites excluding steroid dienone is 10. The second-order valence-electron chi connectivity index (χ2n) is 7.78. The fourth-order valence-electron chi connectivity index (χ4n) is 3.14. The van der Waals surface area contributed by atoms with E-state index < -0.39 is 18.6 Å². The van der Waals surface area contributed by atoms with Crippen LogP contribution in [0.1, 0.15) is 53.9 Å². The maximum absolute atomic E-state index is 10.8. The summed E-state index contributed by atoms with van der Waals surface area (Å²) in [4.78, 5) is 14.6. The number of nitrogens with zero attached hydrogens (tertiary/aromatic N) is 1. The highest BCUT2D eigenvalue weighted by atomic mass is 16.4. The van der Waals surface area contributed by atoms with Gasteiger partial charge in [0, 0.05) is 6.21 Å². The number of aliphatic hydroxyl groups excluding tert-OH is 1. The van der Waals surface area contributed by atoms with Gasteiger partial charge in [-0.2, -0.15) is 0 Å². The molecule has 0 aromatic rings. The molecule has 0 aliphatic heterocycles. The highest BCUT2D eigenvalue weighted by molar-refractivity contribution is 5.79. The Balaban J connectivity index is 2.71. The van der Waals surface area contributed by atoms with Crippen molar-refractivity contribution in [2.75, 3.05) is 6.61 Å². The lowest BCUT2D eigenvalue weighted by Gasteiger charge is -2.32. The maximum atomic E-state index is 10.8. The number of carboxylic acid groups (broad SMARTS) is 1. The highest BCUT2D eigenvalue weighted by Gasteiger charge is 2.26. The van der Waals surface area contributed by atoms with Crippen molar-refractivity contribution in [3.05, 3.63) is 58.7 Å². The normalized spacial score (nSPS) is 20.2. The molecule has 0 amide bonds. The van der Waals surface area contributed by atoms with Gasteiger partial charge in [-0.15, -0.1) is 0 Å². The average molecular weight is 372 g/mol. The van der Waals surface area contributed by atoms with Crippen molar-refractivity contribution in [3.8, 4) is 0 Å². The predicted octanol–water partition coefficient (Wildman–Crippen LogP) is 5.03. The van der Waals surface area contributed by atoms with Crippen molar-refractivity contribution in [2.24, 2.45) is 10.4 Å². The molecule has 1 aliphatic rings. The predicted molar refractivity (Wildman–Crippen MR) is 113 cm³/mol. The third-order valence-electron chi connectivity index (χ3n) is 4.84. The minimum atomic E-state index is -1.13. The Kier molecular flexibility index (Phi) is 9.16. The van der Waals surface area contributed by atoms with Gasteiger partial charge in [0.15, 0.2) is 6.04 Å². The Morgan fingerprint density at radius 3 is 2.48 bits per heavy atom. The van der Waals surface area contributed by atoms with Crippen LogP contribution in [0.15, 0.2) is 63.7 Å². The molecular weight excluding hydrogens is 338 g/mol. The zero-order chi connectivity index (χ0) is 20.4. The maximum Gasteiger partial charge on any atom is 0.330 e. The van der Waals surface area contributed by atoms with Gasteiger partial charge in [0.25, 0.3) is 0 Å². The molecule has 1 atom stereocenters. The first-order valence-corrected chi connectivity index (χ1v) is 9.44. The monoisotopic (exact) mass is 371 g/mol. The smallest absolute Gasteiger partial charge is 0.330 e. The van der Waals surface area contributed by atoms with Gasteiger partial charge in [-0.25, -0.2) is 4.79 Å². The van der Waals surface area contributed by atoms with Crippen LogP contribution < -0.4 is 0 Å². The lowest BCUT2D eigenvalue weighted by Crippen LogP contribution is -2.21. The second kappa shape index (κ2) is 10.8. The van der Waals surface area contributed by atoms with Crippen LogP contribution in [0.4, 0.5) is 0 Å². The molecule has 0 aromatic carbocycles. The average Bonchev–Trinajstić information content (AvgIpc) is 2.57. The molecule has 1 aliphatic carbocycles. The minimum Gasteiger partial charge on any atom is -0.480 e. The molecule has 4 nitrogen and oxygen atoms in total. The first kappa shape index (κ1) is 22.8. The molecule has 4 heteroatoms. The topological polar surface area (TPSA) is 69.9 Å². The summed E-state index contributed by atoms with van der Waals surface area (Å²) in [6.45, 7) is 10.3. The van der Waals surface area contributed by atoms with Crippen molar-refractivity contribution < 1.29 is 15.0 Å². The van der Waals surface area contributed by atoms with E-state index in [1.54, 1.807) is 6.08 Å². The van der Waals surface area contributed by atoms with E-state index in [1.807, 2.05) is 25.2 Å². The highest BCUT2D eigenvalue weighted by Crippen LogP contribution is 2.40. The van der Waals surface area contributed by atoms with Gasteiger partial charge in [0.2, 0.25) is 0 Å². The van der Waals surface area contributed by atoms with Crippen molar-refractivity contribution in [1.29, 1.82) is 0 Å². The second-order valence-corrected chi connectivity index (χ2v) is 7.78. The van der Waals surface area contributed by atoms with Crippen molar-refractivity contribution in [1.82, 2.24) is 0 Å². The summed E-state index contributed by atoms with van der Waals surface area (Å²) in [7, 11) is 0. The van der Waals surface area contributed by atoms with Crippen molar-refractivity contribution in [3.63, 3.8) is 0 Å². The molecule has 1 rings (SSSR count). The Labute approximate surface area is 163 Å². The van der Waals surface area contributed by atoms with E-state index in [-0.39, 0.29) is 5.41 Å². The molecule has 0 heterocycles.